The van der Waals surface area contributed by atoms with E-state index in [4.69, 9.17) is 18.0 Å². The molecule has 0 atom stereocenters. The fourth-order valence-electron chi connectivity index (χ4n) is 1.69. The van der Waals surface area contributed by atoms with Crippen molar-refractivity contribution in [1.29, 1.82) is 0 Å². The van der Waals surface area contributed by atoms with Crippen LogP contribution in [0.4, 0.5) is 5.69 Å². The highest BCUT2D eigenvalue weighted by Gasteiger charge is 2.15. The summed E-state index contributed by atoms with van der Waals surface area (Å²) in [6.45, 7) is 5.83. The van der Waals surface area contributed by atoms with Crippen LogP contribution in [0.5, 0.6) is 0 Å². The molecule has 6 heteroatoms. The molecule has 19 heavy (non-hydrogen) atoms. The lowest BCUT2D eigenvalue weighted by Crippen LogP contribution is -2.21. The van der Waals surface area contributed by atoms with Gasteiger partial charge in [-0.3, -0.25) is 4.72 Å². The third kappa shape index (κ3) is 4.80. The molecule has 106 valence electrons. The Balaban J connectivity index is 3.00. The van der Waals surface area contributed by atoms with Crippen LogP contribution in [0.15, 0.2) is 18.2 Å². The third-order valence-corrected chi connectivity index (χ3v) is 4.26. The lowest BCUT2D eigenvalue weighted by Gasteiger charge is -2.14. The van der Waals surface area contributed by atoms with Gasteiger partial charge in [-0.2, -0.15) is 0 Å². The van der Waals surface area contributed by atoms with E-state index in [1.54, 1.807) is 12.1 Å². The summed E-state index contributed by atoms with van der Waals surface area (Å²) < 4.78 is 26.6. The second kappa shape index (κ2) is 6.34. The zero-order valence-electron chi connectivity index (χ0n) is 11.4. The van der Waals surface area contributed by atoms with E-state index < -0.39 is 10.0 Å². The summed E-state index contributed by atoms with van der Waals surface area (Å²) >= 11 is 4.98. The monoisotopic (exact) mass is 300 g/mol. The minimum absolute atomic E-state index is 0.0926. The van der Waals surface area contributed by atoms with Gasteiger partial charge in [0.25, 0.3) is 0 Å². The van der Waals surface area contributed by atoms with Gasteiger partial charge >= 0.3 is 0 Å². The predicted molar refractivity (Wildman–Crippen MR) is 83.9 cm³/mol. The molecule has 1 rings (SSSR count). The third-order valence-electron chi connectivity index (χ3n) is 2.75. The van der Waals surface area contributed by atoms with Crippen LogP contribution < -0.4 is 10.5 Å². The van der Waals surface area contributed by atoms with Gasteiger partial charge in [0.05, 0.1) is 11.4 Å². The summed E-state index contributed by atoms with van der Waals surface area (Å²) in [7, 11) is -3.37. The molecule has 0 aromatic heterocycles. The molecule has 3 N–H and O–H groups in total. The number of rotatable bonds is 6. The van der Waals surface area contributed by atoms with Crippen molar-refractivity contribution >= 4 is 32.9 Å². The Morgan fingerprint density at radius 2 is 2.05 bits per heavy atom. The normalized spacial score (nSPS) is 11.6. The van der Waals surface area contributed by atoms with Gasteiger partial charge in [0.2, 0.25) is 10.0 Å². The standard InChI is InChI=1S/C13H20N2O2S2/c1-9(2)7-8-19(16,17)15-11-6-4-5-10(3)12(11)13(14)18/h4-6,9,15H,7-8H2,1-3H3,(H2,14,18). The number of hydrogen-bond donors (Lipinski definition) is 2. The molecule has 0 fully saturated rings. The van der Waals surface area contributed by atoms with E-state index in [0.29, 0.717) is 23.6 Å². The first kappa shape index (κ1) is 15.9. The fraction of sp³-hybridized carbons (Fsp3) is 0.462. The van der Waals surface area contributed by atoms with E-state index in [9.17, 15) is 8.42 Å². The minimum atomic E-state index is -3.37. The molecule has 0 heterocycles. The van der Waals surface area contributed by atoms with E-state index >= 15 is 0 Å². The van der Waals surface area contributed by atoms with Crippen LogP contribution in [-0.4, -0.2) is 19.2 Å². The van der Waals surface area contributed by atoms with Gasteiger partial charge in [-0.05, 0) is 30.9 Å². The van der Waals surface area contributed by atoms with Crippen LogP contribution in [-0.2, 0) is 10.0 Å². The van der Waals surface area contributed by atoms with Gasteiger partial charge in [-0.1, -0.05) is 38.2 Å². The molecule has 0 amide bonds. The first-order valence-corrected chi connectivity index (χ1v) is 8.19. The molecule has 1 aromatic rings. The summed E-state index contributed by atoms with van der Waals surface area (Å²) in [4.78, 5) is 0.194. The molecule has 0 unspecified atom stereocenters. The van der Waals surface area contributed by atoms with E-state index in [1.165, 1.54) is 0 Å². The Hall–Kier alpha value is -1.14. The van der Waals surface area contributed by atoms with Gasteiger partial charge in [-0.25, -0.2) is 8.42 Å². The molecule has 0 bridgehead atoms. The molecule has 1 aromatic carbocycles. The molecule has 0 radical (unpaired) electrons. The highest BCUT2D eigenvalue weighted by atomic mass is 32.2. The maximum Gasteiger partial charge on any atom is 0.232 e. The molecule has 0 aliphatic heterocycles. The lowest BCUT2D eigenvalue weighted by molar-refractivity contribution is 0.578. The second-order valence-electron chi connectivity index (χ2n) is 4.97. The molecule has 0 saturated carbocycles. The average molecular weight is 300 g/mol. The van der Waals surface area contributed by atoms with E-state index in [0.717, 1.165) is 5.56 Å². The van der Waals surface area contributed by atoms with Gasteiger partial charge < -0.3 is 5.73 Å². The Morgan fingerprint density at radius 3 is 2.58 bits per heavy atom. The van der Waals surface area contributed by atoms with Gasteiger partial charge in [0.15, 0.2) is 0 Å². The number of anilines is 1. The van der Waals surface area contributed by atoms with Crippen LogP contribution in [0.25, 0.3) is 0 Å². The number of hydrogen-bond acceptors (Lipinski definition) is 3. The number of benzene rings is 1. The number of thiocarbonyl (C=S) groups is 1. The van der Waals surface area contributed by atoms with Crippen molar-refractivity contribution in [2.24, 2.45) is 11.7 Å². The number of nitrogens with one attached hydrogen (secondary N) is 1. The van der Waals surface area contributed by atoms with Crippen molar-refractivity contribution in [3.63, 3.8) is 0 Å². The van der Waals surface area contributed by atoms with Crippen LogP contribution in [0.3, 0.4) is 0 Å². The number of sulfonamides is 1. The Morgan fingerprint density at radius 1 is 1.42 bits per heavy atom. The SMILES string of the molecule is Cc1cccc(NS(=O)(=O)CCC(C)C)c1C(N)=S. The van der Waals surface area contributed by atoms with Crippen LogP contribution in [0.2, 0.25) is 0 Å². The average Bonchev–Trinajstić information content (AvgIpc) is 2.25. The number of aryl methyl sites for hydroxylation is 1. The van der Waals surface area contributed by atoms with Crippen LogP contribution in [0.1, 0.15) is 31.4 Å². The summed E-state index contributed by atoms with van der Waals surface area (Å²) in [5.41, 5.74) is 7.55. The minimum Gasteiger partial charge on any atom is -0.389 e. The van der Waals surface area contributed by atoms with Crippen molar-refractivity contribution in [1.82, 2.24) is 0 Å². The second-order valence-corrected chi connectivity index (χ2v) is 7.25. The molecule has 4 nitrogen and oxygen atoms in total. The molecule has 0 spiro atoms. The van der Waals surface area contributed by atoms with Gasteiger partial charge in [0, 0.05) is 5.56 Å². The van der Waals surface area contributed by atoms with Crippen LogP contribution in [0, 0.1) is 12.8 Å². The van der Waals surface area contributed by atoms with E-state index in [-0.39, 0.29) is 10.7 Å². The molecular formula is C13H20N2O2S2. The van der Waals surface area contributed by atoms with Gasteiger partial charge in [0.1, 0.15) is 4.99 Å². The van der Waals surface area contributed by atoms with Crippen molar-refractivity contribution in [2.45, 2.75) is 27.2 Å². The summed E-state index contributed by atoms with van der Waals surface area (Å²) in [5.74, 6) is 0.430. The Kier molecular flexibility index (Phi) is 5.31. The predicted octanol–water partition coefficient (Wildman–Crippen LogP) is 2.42. The van der Waals surface area contributed by atoms with Gasteiger partial charge in [-0.15, -0.1) is 0 Å². The summed E-state index contributed by atoms with van der Waals surface area (Å²) in [6.07, 6.45) is 0.615. The van der Waals surface area contributed by atoms with Crippen molar-refractivity contribution < 1.29 is 8.42 Å². The first-order chi connectivity index (χ1) is 8.73. The molecule has 0 saturated heterocycles. The van der Waals surface area contributed by atoms with Crippen molar-refractivity contribution in [3.05, 3.63) is 29.3 Å². The summed E-state index contributed by atoms with van der Waals surface area (Å²) in [6, 6.07) is 5.30. The molecule has 0 aliphatic rings. The largest absolute Gasteiger partial charge is 0.389 e. The van der Waals surface area contributed by atoms with Crippen LogP contribution >= 0.6 is 12.2 Å². The Labute approximate surface area is 120 Å². The van der Waals surface area contributed by atoms with E-state index in [2.05, 4.69) is 4.72 Å². The van der Waals surface area contributed by atoms with Crippen molar-refractivity contribution in [2.75, 3.05) is 10.5 Å². The quantitative estimate of drug-likeness (QED) is 0.791. The molecule has 0 aliphatic carbocycles. The maximum absolute atomic E-state index is 12.0. The van der Waals surface area contributed by atoms with E-state index in [1.807, 2.05) is 26.8 Å². The number of nitrogens with two attached hydrogens (primary N) is 1. The first-order valence-electron chi connectivity index (χ1n) is 6.13. The molecular weight excluding hydrogens is 280 g/mol. The zero-order valence-corrected chi connectivity index (χ0v) is 13.1. The smallest absolute Gasteiger partial charge is 0.232 e. The lowest BCUT2D eigenvalue weighted by atomic mass is 10.1. The topological polar surface area (TPSA) is 72.2 Å². The highest BCUT2D eigenvalue weighted by Crippen LogP contribution is 2.21. The zero-order chi connectivity index (χ0) is 14.6. The van der Waals surface area contributed by atoms with Crippen molar-refractivity contribution in [3.8, 4) is 0 Å². The maximum atomic E-state index is 12.0. The highest BCUT2D eigenvalue weighted by molar-refractivity contribution is 7.92. The summed E-state index contributed by atoms with van der Waals surface area (Å²) in [5, 5.41) is 0. The Bertz CT molecular complexity index is 566. The fourth-order valence-corrected chi connectivity index (χ4v) is 3.35.